The number of piperidine rings is 1. The number of hydrogen-bond donors (Lipinski definition) is 0. The van der Waals surface area contributed by atoms with Gasteiger partial charge in [0.1, 0.15) is 24.3 Å². The van der Waals surface area contributed by atoms with E-state index in [1.165, 1.54) is 0 Å². The molecule has 0 aromatic carbocycles. The van der Waals surface area contributed by atoms with Gasteiger partial charge in [0.15, 0.2) is 0 Å². The quantitative estimate of drug-likeness (QED) is 0.844. The molecule has 3 heterocycles. The van der Waals surface area contributed by atoms with Crippen LogP contribution in [0.3, 0.4) is 0 Å². The smallest absolute Gasteiger partial charge is 0.218 e. The van der Waals surface area contributed by atoms with Crippen LogP contribution in [0.5, 0.6) is 5.88 Å². The van der Waals surface area contributed by atoms with E-state index in [0.717, 1.165) is 37.6 Å². The lowest BCUT2D eigenvalue weighted by atomic mass is 9.97. The maximum Gasteiger partial charge on any atom is 0.218 e. The van der Waals surface area contributed by atoms with Crippen molar-refractivity contribution in [2.45, 2.75) is 45.6 Å². The van der Waals surface area contributed by atoms with Gasteiger partial charge in [-0.15, -0.1) is 10.2 Å². The Hall–Kier alpha value is -2.18. The molecule has 1 fully saturated rings. The molecule has 0 unspecified atom stereocenters. The fourth-order valence-corrected chi connectivity index (χ4v) is 3.07. The zero-order chi connectivity index (χ0) is 16.2. The summed E-state index contributed by atoms with van der Waals surface area (Å²) in [6, 6.07) is 2.29. The molecular formula is C16H24N6O. The third-order valence-corrected chi connectivity index (χ3v) is 4.19. The Morgan fingerprint density at radius 1 is 1.35 bits per heavy atom. The highest BCUT2D eigenvalue weighted by Crippen LogP contribution is 2.29. The second kappa shape index (κ2) is 6.93. The maximum absolute atomic E-state index is 5.48. The molecule has 124 valence electrons. The lowest BCUT2D eigenvalue weighted by Crippen LogP contribution is -2.36. The van der Waals surface area contributed by atoms with Crippen LogP contribution in [-0.2, 0) is 0 Å². The molecule has 0 N–H and O–H groups in total. The van der Waals surface area contributed by atoms with Crippen LogP contribution in [0.2, 0.25) is 0 Å². The lowest BCUT2D eigenvalue weighted by Gasteiger charge is -2.33. The molecule has 1 atom stereocenters. The van der Waals surface area contributed by atoms with Crippen LogP contribution in [0.15, 0.2) is 18.7 Å². The second-order valence-corrected chi connectivity index (χ2v) is 6.12. The fourth-order valence-electron chi connectivity index (χ4n) is 3.07. The van der Waals surface area contributed by atoms with E-state index in [1.807, 2.05) is 19.3 Å². The highest BCUT2D eigenvalue weighted by Gasteiger charge is 2.26. The Morgan fingerprint density at radius 2 is 2.22 bits per heavy atom. The summed E-state index contributed by atoms with van der Waals surface area (Å²) >= 11 is 0. The molecule has 23 heavy (non-hydrogen) atoms. The zero-order valence-corrected chi connectivity index (χ0v) is 14.0. The molecular weight excluding hydrogens is 292 g/mol. The second-order valence-electron chi connectivity index (χ2n) is 6.12. The topological polar surface area (TPSA) is 69.0 Å². The molecule has 3 rings (SSSR count). The van der Waals surface area contributed by atoms with Crippen LogP contribution in [-0.4, -0.2) is 44.4 Å². The average molecular weight is 316 g/mol. The van der Waals surface area contributed by atoms with Crippen molar-refractivity contribution in [1.29, 1.82) is 0 Å². The molecule has 1 saturated heterocycles. The Bertz CT molecular complexity index is 641. The van der Waals surface area contributed by atoms with E-state index in [-0.39, 0.29) is 0 Å². The summed E-state index contributed by atoms with van der Waals surface area (Å²) < 4.78 is 7.65. The normalized spacial score (nSPS) is 18.4. The Labute approximate surface area is 136 Å². The maximum atomic E-state index is 5.48. The van der Waals surface area contributed by atoms with E-state index in [4.69, 9.17) is 4.74 Å². The molecule has 7 nitrogen and oxygen atoms in total. The van der Waals surface area contributed by atoms with Crippen molar-refractivity contribution in [1.82, 2.24) is 24.7 Å². The predicted octanol–water partition coefficient (Wildman–Crippen LogP) is 2.43. The SMILES string of the molecule is CCOc1cc(N2CCC[C@@H](c3nncn3C(C)C)C2)ncn1. The van der Waals surface area contributed by atoms with Crippen molar-refractivity contribution in [3.63, 3.8) is 0 Å². The van der Waals surface area contributed by atoms with E-state index in [0.29, 0.717) is 24.4 Å². The summed E-state index contributed by atoms with van der Waals surface area (Å²) in [6.07, 6.45) is 5.65. The van der Waals surface area contributed by atoms with E-state index >= 15 is 0 Å². The molecule has 0 amide bonds. The number of hydrogen-bond acceptors (Lipinski definition) is 6. The number of ether oxygens (including phenoxy) is 1. The van der Waals surface area contributed by atoms with Crippen LogP contribution in [0.25, 0.3) is 0 Å². The first-order chi connectivity index (χ1) is 11.2. The standard InChI is InChI=1S/C16H24N6O/c1-4-23-15-8-14(17-10-18-15)21-7-5-6-13(9-21)16-20-19-11-22(16)12(2)3/h8,10-13H,4-7,9H2,1-3H3/t13-/m1/s1. The van der Waals surface area contributed by atoms with Gasteiger partial charge in [-0.05, 0) is 33.6 Å². The number of nitrogens with zero attached hydrogens (tertiary/aromatic N) is 6. The summed E-state index contributed by atoms with van der Waals surface area (Å²) in [5, 5.41) is 8.47. The van der Waals surface area contributed by atoms with Crippen molar-refractivity contribution in [2.24, 2.45) is 0 Å². The van der Waals surface area contributed by atoms with Crippen molar-refractivity contribution in [3.8, 4) is 5.88 Å². The van der Waals surface area contributed by atoms with Crippen molar-refractivity contribution < 1.29 is 4.74 Å². The van der Waals surface area contributed by atoms with Crippen LogP contribution in [0, 0.1) is 0 Å². The molecule has 2 aromatic rings. The number of anilines is 1. The fraction of sp³-hybridized carbons (Fsp3) is 0.625. The van der Waals surface area contributed by atoms with Crippen LogP contribution >= 0.6 is 0 Å². The summed E-state index contributed by atoms with van der Waals surface area (Å²) in [7, 11) is 0. The first kappa shape index (κ1) is 15.7. The minimum absolute atomic E-state index is 0.374. The van der Waals surface area contributed by atoms with E-state index in [2.05, 4.69) is 43.5 Å². The van der Waals surface area contributed by atoms with Gasteiger partial charge in [0.05, 0.1) is 6.61 Å². The van der Waals surface area contributed by atoms with E-state index < -0.39 is 0 Å². The molecule has 0 aliphatic carbocycles. The number of rotatable bonds is 5. The van der Waals surface area contributed by atoms with E-state index in [1.54, 1.807) is 6.33 Å². The van der Waals surface area contributed by atoms with Gasteiger partial charge in [0.25, 0.3) is 0 Å². The molecule has 0 radical (unpaired) electrons. The summed E-state index contributed by atoms with van der Waals surface area (Å²) in [5.41, 5.74) is 0. The van der Waals surface area contributed by atoms with Gasteiger partial charge in [0.2, 0.25) is 5.88 Å². The molecule has 1 aliphatic rings. The highest BCUT2D eigenvalue weighted by molar-refractivity contribution is 5.41. The Kier molecular flexibility index (Phi) is 4.73. The molecule has 0 saturated carbocycles. The van der Waals surface area contributed by atoms with Gasteiger partial charge >= 0.3 is 0 Å². The Balaban J connectivity index is 1.78. The van der Waals surface area contributed by atoms with Crippen molar-refractivity contribution >= 4 is 5.82 Å². The molecule has 0 spiro atoms. The average Bonchev–Trinajstić information content (AvgIpc) is 3.06. The Morgan fingerprint density at radius 3 is 3.00 bits per heavy atom. The summed E-state index contributed by atoms with van der Waals surface area (Å²) in [5.74, 6) is 3.00. The molecule has 2 aromatic heterocycles. The van der Waals surface area contributed by atoms with Gasteiger partial charge in [-0.3, -0.25) is 0 Å². The van der Waals surface area contributed by atoms with Gasteiger partial charge in [-0.2, -0.15) is 0 Å². The lowest BCUT2D eigenvalue weighted by molar-refractivity contribution is 0.326. The van der Waals surface area contributed by atoms with E-state index in [9.17, 15) is 0 Å². The van der Waals surface area contributed by atoms with Crippen LogP contribution in [0.1, 0.15) is 51.4 Å². The summed E-state index contributed by atoms with van der Waals surface area (Å²) in [6.45, 7) is 8.77. The van der Waals surface area contributed by atoms with Gasteiger partial charge in [-0.25, -0.2) is 9.97 Å². The third kappa shape index (κ3) is 3.43. The zero-order valence-electron chi connectivity index (χ0n) is 14.0. The molecule has 7 heteroatoms. The van der Waals surface area contributed by atoms with Crippen molar-refractivity contribution in [2.75, 3.05) is 24.6 Å². The first-order valence-corrected chi connectivity index (χ1v) is 8.28. The van der Waals surface area contributed by atoms with Gasteiger partial charge < -0.3 is 14.2 Å². The first-order valence-electron chi connectivity index (χ1n) is 8.28. The minimum Gasteiger partial charge on any atom is -0.478 e. The highest BCUT2D eigenvalue weighted by atomic mass is 16.5. The van der Waals surface area contributed by atoms with Gasteiger partial charge in [0, 0.05) is 31.1 Å². The van der Waals surface area contributed by atoms with Crippen LogP contribution < -0.4 is 9.64 Å². The largest absolute Gasteiger partial charge is 0.478 e. The van der Waals surface area contributed by atoms with Gasteiger partial charge in [-0.1, -0.05) is 0 Å². The summed E-state index contributed by atoms with van der Waals surface area (Å²) in [4.78, 5) is 10.8. The molecule has 0 bridgehead atoms. The third-order valence-electron chi connectivity index (χ3n) is 4.19. The predicted molar refractivity (Wildman–Crippen MR) is 87.8 cm³/mol. The monoisotopic (exact) mass is 316 g/mol. The molecule has 1 aliphatic heterocycles. The minimum atomic E-state index is 0.374. The van der Waals surface area contributed by atoms with Crippen molar-refractivity contribution in [3.05, 3.63) is 24.5 Å². The van der Waals surface area contributed by atoms with Crippen LogP contribution in [0.4, 0.5) is 5.82 Å². The number of aromatic nitrogens is 5.